The van der Waals surface area contributed by atoms with E-state index >= 15 is 0 Å². The summed E-state index contributed by atoms with van der Waals surface area (Å²) in [6, 6.07) is 4.73. The van der Waals surface area contributed by atoms with E-state index in [9.17, 15) is 0 Å². The lowest BCUT2D eigenvalue weighted by Crippen LogP contribution is -2.22. The van der Waals surface area contributed by atoms with Gasteiger partial charge >= 0.3 is 0 Å². The summed E-state index contributed by atoms with van der Waals surface area (Å²) in [6.45, 7) is 5.33. The standard InChI is InChI=1S/C16H24N2O2/c1-3-12-13(14-8-11(9-17)10-18(14)2)4-5-15-16(12)20-7-6-19-15/h4-5,11,14H,3,6-10,17H2,1-2H3. The van der Waals surface area contributed by atoms with Crippen molar-refractivity contribution in [1.82, 2.24) is 4.90 Å². The van der Waals surface area contributed by atoms with E-state index in [1.54, 1.807) is 0 Å². The maximum absolute atomic E-state index is 5.87. The van der Waals surface area contributed by atoms with Gasteiger partial charge in [0.2, 0.25) is 0 Å². The molecule has 2 atom stereocenters. The van der Waals surface area contributed by atoms with Gasteiger partial charge in [0.15, 0.2) is 11.5 Å². The van der Waals surface area contributed by atoms with Crippen LogP contribution in [0.1, 0.15) is 30.5 Å². The van der Waals surface area contributed by atoms with E-state index in [-0.39, 0.29) is 0 Å². The predicted molar refractivity (Wildman–Crippen MR) is 79.3 cm³/mol. The molecule has 1 aromatic carbocycles. The third kappa shape index (κ3) is 2.27. The Hall–Kier alpha value is -1.26. The van der Waals surface area contributed by atoms with Gasteiger partial charge in [-0.1, -0.05) is 13.0 Å². The van der Waals surface area contributed by atoms with Crippen molar-refractivity contribution in [2.24, 2.45) is 11.7 Å². The smallest absolute Gasteiger partial charge is 0.164 e. The summed E-state index contributed by atoms with van der Waals surface area (Å²) >= 11 is 0. The number of fused-ring (bicyclic) bond motifs is 1. The van der Waals surface area contributed by atoms with Crippen LogP contribution in [0.25, 0.3) is 0 Å². The molecule has 3 rings (SSSR count). The summed E-state index contributed by atoms with van der Waals surface area (Å²) in [5.74, 6) is 2.46. The van der Waals surface area contributed by atoms with Crippen molar-refractivity contribution in [3.05, 3.63) is 23.3 Å². The molecule has 1 aromatic rings. The van der Waals surface area contributed by atoms with Gasteiger partial charge in [-0.05, 0) is 44.0 Å². The average molecular weight is 276 g/mol. The molecule has 2 unspecified atom stereocenters. The molecule has 2 aliphatic heterocycles. The van der Waals surface area contributed by atoms with Gasteiger partial charge in [-0.25, -0.2) is 0 Å². The van der Waals surface area contributed by atoms with Crippen LogP contribution >= 0.6 is 0 Å². The zero-order valence-corrected chi connectivity index (χ0v) is 12.4. The summed E-state index contributed by atoms with van der Waals surface area (Å²) in [5.41, 5.74) is 8.53. The maximum atomic E-state index is 5.87. The number of nitrogens with two attached hydrogens (primary N) is 1. The second-order valence-electron chi connectivity index (χ2n) is 5.80. The molecule has 1 fully saturated rings. The SMILES string of the molecule is CCc1c(C2CC(CN)CN2C)ccc2c1OCCO2. The van der Waals surface area contributed by atoms with Gasteiger partial charge in [0.05, 0.1) is 0 Å². The zero-order chi connectivity index (χ0) is 14.1. The van der Waals surface area contributed by atoms with E-state index in [2.05, 4.69) is 31.0 Å². The predicted octanol–water partition coefficient (Wildman–Crippen LogP) is 1.97. The van der Waals surface area contributed by atoms with Crippen molar-refractivity contribution in [3.63, 3.8) is 0 Å². The second kappa shape index (κ2) is 5.62. The van der Waals surface area contributed by atoms with Crippen LogP contribution in [-0.2, 0) is 6.42 Å². The Morgan fingerprint density at radius 2 is 2.10 bits per heavy atom. The maximum Gasteiger partial charge on any atom is 0.164 e. The Balaban J connectivity index is 1.97. The quantitative estimate of drug-likeness (QED) is 0.917. The fraction of sp³-hybridized carbons (Fsp3) is 0.625. The molecule has 4 heteroatoms. The minimum Gasteiger partial charge on any atom is -0.486 e. The van der Waals surface area contributed by atoms with Crippen molar-refractivity contribution in [2.45, 2.75) is 25.8 Å². The summed E-state index contributed by atoms with van der Waals surface area (Å²) < 4.78 is 11.6. The van der Waals surface area contributed by atoms with Gasteiger partial charge in [0.25, 0.3) is 0 Å². The molecule has 0 aliphatic carbocycles. The van der Waals surface area contributed by atoms with Crippen molar-refractivity contribution in [3.8, 4) is 11.5 Å². The van der Waals surface area contributed by atoms with Gasteiger partial charge in [0, 0.05) is 18.2 Å². The summed E-state index contributed by atoms with van der Waals surface area (Å²) in [5, 5.41) is 0. The number of ether oxygens (including phenoxy) is 2. The van der Waals surface area contributed by atoms with Crippen molar-refractivity contribution in [1.29, 1.82) is 0 Å². The largest absolute Gasteiger partial charge is 0.486 e. The molecule has 4 nitrogen and oxygen atoms in total. The second-order valence-corrected chi connectivity index (χ2v) is 5.80. The first-order chi connectivity index (χ1) is 9.74. The van der Waals surface area contributed by atoms with Crippen LogP contribution < -0.4 is 15.2 Å². The summed E-state index contributed by atoms with van der Waals surface area (Å²) in [4.78, 5) is 2.42. The molecule has 2 heterocycles. The van der Waals surface area contributed by atoms with E-state index < -0.39 is 0 Å². The molecular formula is C16H24N2O2. The number of benzene rings is 1. The third-order valence-corrected chi connectivity index (χ3v) is 4.53. The molecule has 110 valence electrons. The minimum atomic E-state index is 0.453. The molecule has 0 amide bonds. The van der Waals surface area contributed by atoms with Crippen molar-refractivity contribution >= 4 is 0 Å². The van der Waals surface area contributed by atoms with E-state index in [1.165, 1.54) is 11.1 Å². The number of rotatable bonds is 3. The van der Waals surface area contributed by atoms with Crippen LogP contribution in [-0.4, -0.2) is 38.3 Å². The Morgan fingerprint density at radius 1 is 1.30 bits per heavy atom. The normalized spacial score (nSPS) is 25.9. The third-order valence-electron chi connectivity index (χ3n) is 4.53. The zero-order valence-electron chi connectivity index (χ0n) is 12.4. The molecule has 0 aromatic heterocycles. The highest BCUT2D eigenvalue weighted by atomic mass is 16.6. The summed E-state index contributed by atoms with van der Waals surface area (Å²) in [6.07, 6.45) is 2.11. The molecule has 0 bridgehead atoms. The minimum absolute atomic E-state index is 0.453. The number of hydrogen-bond donors (Lipinski definition) is 1. The lowest BCUT2D eigenvalue weighted by Gasteiger charge is -2.27. The summed E-state index contributed by atoms with van der Waals surface area (Å²) in [7, 11) is 2.19. The van der Waals surface area contributed by atoms with Crippen molar-refractivity contribution in [2.75, 3.05) is 33.4 Å². The van der Waals surface area contributed by atoms with E-state index in [1.807, 2.05) is 0 Å². The number of nitrogens with zero attached hydrogens (tertiary/aromatic N) is 1. The average Bonchev–Trinajstić information content (AvgIpc) is 2.87. The Labute approximate surface area is 120 Å². The first kappa shape index (κ1) is 13.7. The van der Waals surface area contributed by atoms with Gasteiger partial charge in [-0.2, -0.15) is 0 Å². The van der Waals surface area contributed by atoms with Gasteiger partial charge < -0.3 is 15.2 Å². The first-order valence-electron chi connectivity index (χ1n) is 7.56. The fourth-order valence-electron chi connectivity index (χ4n) is 3.51. The molecule has 1 saturated heterocycles. The fourth-order valence-corrected chi connectivity index (χ4v) is 3.51. The lowest BCUT2D eigenvalue weighted by atomic mass is 9.93. The van der Waals surface area contributed by atoms with Gasteiger partial charge in [-0.3, -0.25) is 4.90 Å². The van der Waals surface area contributed by atoms with Gasteiger partial charge in [0.1, 0.15) is 13.2 Å². The van der Waals surface area contributed by atoms with Gasteiger partial charge in [-0.15, -0.1) is 0 Å². The van der Waals surface area contributed by atoms with E-state index in [4.69, 9.17) is 15.2 Å². The number of hydrogen-bond acceptors (Lipinski definition) is 4. The molecule has 2 aliphatic rings. The van der Waals surface area contributed by atoms with E-state index in [0.717, 1.165) is 37.4 Å². The Kier molecular flexibility index (Phi) is 3.85. The highest BCUT2D eigenvalue weighted by Crippen LogP contribution is 2.42. The topological polar surface area (TPSA) is 47.7 Å². The molecule has 2 N–H and O–H groups in total. The molecule has 0 saturated carbocycles. The van der Waals surface area contributed by atoms with Crippen LogP contribution in [0.4, 0.5) is 0 Å². The van der Waals surface area contributed by atoms with Crippen LogP contribution in [0.3, 0.4) is 0 Å². The Morgan fingerprint density at radius 3 is 2.80 bits per heavy atom. The molecule has 0 spiro atoms. The highest BCUT2D eigenvalue weighted by Gasteiger charge is 2.32. The monoisotopic (exact) mass is 276 g/mol. The highest BCUT2D eigenvalue weighted by molar-refractivity contribution is 5.52. The van der Waals surface area contributed by atoms with E-state index in [0.29, 0.717) is 25.2 Å². The van der Waals surface area contributed by atoms with Crippen LogP contribution in [0.15, 0.2) is 12.1 Å². The first-order valence-corrected chi connectivity index (χ1v) is 7.56. The van der Waals surface area contributed by atoms with Crippen molar-refractivity contribution < 1.29 is 9.47 Å². The lowest BCUT2D eigenvalue weighted by molar-refractivity contribution is 0.169. The Bertz CT molecular complexity index is 490. The van der Waals surface area contributed by atoms with Crippen LogP contribution in [0, 0.1) is 5.92 Å². The molecular weight excluding hydrogens is 252 g/mol. The molecule has 20 heavy (non-hydrogen) atoms. The molecule has 0 radical (unpaired) electrons. The number of likely N-dealkylation sites (tertiary alicyclic amines) is 1. The van der Waals surface area contributed by atoms with Crippen LogP contribution in [0.2, 0.25) is 0 Å². The van der Waals surface area contributed by atoms with Crippen LogP contribution in [0.5, 0.6) is 11.5 Å².